The summed E-state index contributed by atoms with van der Waals surface area (Å²) in [6.45, 7) is 0. The van der Waals surface area contributed by atoms with Crippen LogP contribution in [0.25, 0.3) is 0 Å². The lowest BCUT2D eigenvalue weighted by atomic mass is 10.5. The summed E-state index contributed by atoms with van der Waals surface area (Å²) in [6, 6.07) is 1.43. The van der Waals surface area contributed by atoms with Crippen molar-refractivity contribution in [2.75, 3.05) is 0 Å². The largest absolute Gasteiger partial charge is 0.272 e. The standard InChI is InChI=1S/C5H3BrF2S/c6-3-1-4(5(7)8)9-2-3/h1-2,5H. The van der Waals surface area contributed by atoms with E-state index in [0.717, 1.165) is 15.8 Å². The minimum atomic E-state index is -2.33. The Labute approximate surface area is 63.6 Å². The lowest BCUT2D eigenvalue weighted by molar-refractivity contribution is 0.155. The fourth-order valence-electron chi connectivity index (χ4n) is 0.443. The van der Waals surface area contributed by atoms with Crippen LogP contribution in [0.4, 0.5) is 8.78 Å². The van der Waals surface area contributed by atoms with Crippen LogP contribution in [0.5, 0.6) is 0 Å². The zero-order valence-electron chi connectivity index (χ0n) is 4.27. The van der Waals surface area contributed by atoms with Gasteiger partial charge in [-0.15, -0.1) is 11.3 Å². The van der Waals surface area contributed by atoms with Gasteiger partial charge in [-0.1, -0.05) is 0 Å². The smallest absolute Gasteiger partial charge is 0.204 e. The van der Waals surface area contributed by atoms with Crippen LogP contribution in [0.15, 0.2) is 15.9 Å². The van der Waals surface area contributed by atoms with Gasteiger partial charge in [0.2, 0.25) is 0 Å². The van der Waals surface area contributed by atoms with Gasteiger partial charge in [0.05, 0.1) is 4.88 Å². The number of hydrogen-bond donors (Lipinski definition) is 0. The Morgan fingerprint density at radius 1 is 1.56 bits per heavy atom. The molecule has 0 saturated carbocycles. The molecule has 0 amide bonds. The predicted molar refractivity (Wildman–Crippen MR) is 37.0 cm³/mol. The highest BCUT2D eigenvalue weighted by molar-refractivity contribution is 9.10. The first-order chi connectivity index (χ1) is 4.20. The van der Waals surface area contributed by atoms with Crippen molar-refractivity contribution >= 4 is 27.3 Å². The first kappa shape index (κ1) is 7.15. The molecule has 0 radical (unpaired) electrons. The van der Waals surface area contributed by atoms with Gasteiger partial charge in [0.1, 0.15) is 0 Å². The zero-order chi connectivity index (χ0) is 6.85. The van der Waals surface area contributed by atoms with Gasteiger partial charge in [-0.2, -0.15) is 0 Å². The number of thiophene rings is 1. The SMILES string of the molecule is FC(F)c1cc(Br)cs1. The second-order valence-electron chi connectivity index (χ2n) is 1.47. The van der Waals surface area contributed by atoms with Crippen molar-refractivity contribution in [3.8, 4) is 0 Å². The van der Waals surface area contributed by atoms with Crippen molar-refractivity contribution in [3.63, 3.8) is 0 Å². The first-order valence-corrected chi connectivity index (χ1v) is 3.89. The highest BCUT2D eigenvalue weighted by Gasteiger charge is 2.07. The molecule has 1 aromatic heterocycles. The second-order valence-corrected chi connectivity index (χ2v) is 3.33. The van der Waals surface area contributed by atoms with Crippen LogP contribution < -0.4 is 0 Å². The maximum absolute atomic E-state index is 11.8. The predicted octanol–water partition coefficient (Wildman–Crippen LogP) is 3.45. The molecular weight excluding hydrogens is 210 g/mol. The Kier molecular flexibility index (Phi) is 2.18. The molecule has 0 atom stereocenters. The van der Waals surface area contributed by atoms with E-state index in [2.05, 4.69) is 15.9 Å². The van der Waals surface area contributed by atoms with Crippen LogP contribution >= 0.6 is 27.3 Å². The molecule has 1 aromatic rings. The fourth-order valence-corrected chi connectivity index (χ4v) is 1.74. The van der Waals surface area contributed by atoms with Crippen LogP contribution in [-0.4, -0.2) is 0 Å². The molecule has 0 saturated heterocycles. The van der Waals surface area contributed by atoms with E-state index in [1.165, 1.54) is 6.07 Å². The average Bonchev–Trinajstić information content (AvgIpc) is 2.14. The maximum Gasteiger partial charge on any atom is 0.272 e. The second kappa shape index (κ2) is 2.75. The number of rotatable bonds is 1. The zero-order valence-corrected chi connectivity index (χ0v) is 6.68. The molecule has 0 nitrogen and oxygen atoms in total. The van der Waals surface area contributed by atoms with Gasteiger partial charge in [-0.25, -0.2) is 8.78 Å². The number of hydrogen-bond acceptors (Lipinski definition) is 1. The van der Waals surface area contributed by atoms with Gasteiger partial charge < -0.3 is 0 Å². The first-order valence-electron chi connectivity index (χ1n) is 2.22. The summed E-state index contributed by atoms with van der Waals surface area (Å²) < 4.78 is 24.3. The molecule has 1 heterocycles. The Bertz CT molecular complexity index is 197. The highest BCUT2D eigenvalue weighted by Crippen LogP contribution is 2.28. The van der Waals surface area contributed by atoms with Crippen molar-refractivity contribution in [1.29, 1.82) is 0 Å². The van der Waals surface area contributed by atoms with E-state index in [-0.39, 0.29) is 4.88 Å². The molecule has 1 rings (SSSR count). The van der Waals surface area contributed by atoms with Crippen molar-refractivity contribution in [1.82, 2.24) is 0 Å². The van der Waals surface area contributed by atoms with Gasteiger partial charge in [-0.3, -0.25) is 0 Å². The van der Waals surface area contributed by atoms with Crippen LogP contribution in [0.1, 0.15) is 11.3 Å². The van der Waals surface area contributed by atoms with Gasteiger partial charge in [0, 0.05) is 9.85 Å². The third-order valence-corrected chi connectivity index (χ3v) is 2.50. The Hall–Kier alpha value is 0.0400. The van der Waals surface area contributed by atoms with Gasteiger partial charge in [-0.05, 0) is 22.0 Å². The third-order valence-electron chi connectivity index (χ3n) is 0.803. The summed E-state index contributed by atoms with van der Waals surface area (Å²) in [7, 11) is 0. The van der Waals surface area contributed by atoms with E-state index >= 15 is 0 Å². The monoisotopic (exact) mass is 212 g/mol. The Morgan fingerprint density at radius 3 is 2.44 bits per heavy atom. The maximum atomic E-state index is 11.8. The summed E-state index contributed by atoms with van der Waals surface area (Å²) >= 11 is 4.14. The molecule has 0 fully saturated rings. The highest BCUT2D eigenvalue weighted by atomic mass is 79.9. The summed E-state index contributed by atoms with van der Waals surface area (Å²) in [6.07, 6.45) is -2.33. The Balaban J connectivity index is 2.85. The van der Waals surface area contributed by atoms with Crippen molar-refractivity contribution in [2.45, 2.75) is 6.43 Å². The average molecular weight is 213 g/mol. The molecule has 0 unspecified atom stereocenters. The molecule has 50 valence electrons. The van der Waals surface area contributed by atoms with E-state index in [4.69, 9.17) is 0 Å². The Morgan fingerprint density at radius 2 is 2.22 bits per heavy atom. The van der Waals surface area contributed by atoms with Gasteiger partial charge >= 0.3 is 0 Å². The molecule has 0 N–H and O–H groups in total. The summed E-state index contributed by atoms with van der Waals surface area (Å²) in [4.78, 5) is 0.113. The fraction of sp³-hybridized carbons (Fsp3) is 0.200. The molecule has 0 aliphatic carbocycles. The van der Waals surface area contributed by atoms with Crippen LogP contribution in [0.2, 0.25) is 0 Å². The molecule has 4 heteroatoms. The van der Waals surface area contributed by atoms with Crippen molar-refractivity contribution < 1.29 is 8.78 Å². The minimum Gasteiger partial charge on any atom is -0.204 e. The van der Waals surface area contributed by atoms with E-state index in [1.54, 1.807) is 5.38 Å². The van der Waals surface area contributed by atoms with E-state index in [0.29, 0.717) is 0 Å². The lowest BCUT2D eigenvalue weighted by Gasteiger charge is -1.87. The van der Waals surface area contributed by atoms with Crippen molar-refractivity contribution in [2.24, 2.45) is 0 Å². The molecule has 0 bridgehead atoms. The van der Waals surface area contributed by atoms with Crippen molar-refractivity contribution in [3.05, 3.63) is 20.8 Å². The quantitative estimate of drug-likeness (QED) is 0.670. The van der Waals surface area contributed by atoms with Gasteiger partial charge in [0.15, 0.2) is 0 Å². The molecular formula is C5H3BrF2S. The minimum absolute atomic E-state index is 0.113. The van der Waals surface area contributed by atoms with E-state index in [9.17, 15) is 8.78 Å². The normalized spacial score (nSPS) is 10.7. The van der Waals surface area contributed by atoms with E-state index < -0.39 is 6.43 Å². The molecule has 0 aliphatic heterocycles. The topological polar surface area (TPSA) is 0 Å². The van der Waals surface area contributed by atoms with Crippen LogP contribution in [0.3, 0.4) is 0 Å². The number of alkyl halides is 2. The van der Waals surface area contributed by atoms with Crippen LogP contribution in [0, 0.1) is 0 Å². The summed E-state index contributed by atoms with van der Waals surface area (Å²) in [5.41, 5.74) is 0. The number of halogens is 3. The summed E-state index contributed by atoms with van der Waals surface area (Å²) in [5, 5.41) is 1.64. The third kappa shape index (κ3) is 1.72. The summed E-state index contributed by atoms with van der Waals surface area (Å²) in [5.74, 6) is 0. The lowest BCUT2D eigenvalue weighted by Crippen LogP contribution is -1.72. The van der Waals surface area contributed by atoms with Crippen LogP contribution in [-0.2, 0) is 0 Å². The van der Waals surface area contributed by atoms with E-state index in [1.807, 2.05) is 0 Å². The molecule has 0 aromatic carbocycles. The molecule has 0 aliphatic rings. The molecule has 0 spiro atoms. The molecule has 9 heavy (non-hydrogen) atoms. The van der Waals surface area contributed by atoms with Gasteiger partial charge in [0.25, 0.3) is 6.43 Å².